The fourth-order valence-electron chi connectivity index (χ4n) is 6.52. The van der Waals surface area contributed by atoms with E-state index in [2.05, 4.69) is 9.97 Å². The number of hydrogen-bond donors (Lipinski definition) is 1. The lowest BCUT2D eigenvalue weighted by atomic mass is 9.48. The van der Waals surface area contributed by atoms with Gasteiger partial charge in [0.2, 0.25) is 0 Å². The third-order valence-corrected chi connectivity index (χ3v) is 7.01. The van der Waals surface area contributed by atoms with Crippen molar-refractivity contribution in [2.75, 3.05) is 6.61 Å². The largest absolute Gasteiger partial charge is 0.461 e. The maximum atomic E-state index is 12.6. The number of carbonyl (C=O) groups excluding carboxylic acids is 1. The molecule has 0 aliphatic heterocycles. The van der Waals surface area contributed by atoms with E-state index in [-0.39, 0.29) is 5.97 Å². The third kappa shape index (κ3) is 3.09. The summed E-state index contributed by atoms with van der Waals surface area (Å²) in [5.41, 5.74) is 2.84. The highest BCUT2D eigenvalue weighted by Gasteiger charge is 2.51. The molecule has 4 nitrogen and oxygen atoms in total. The molecule has 2 aromatic rings. The number of aromatic amines is 1. The number of benzene rings is 1. The van der Waals surface area contributed by atoms with Crippen LogP contribution in [0.25, 0.3) is 11.4 Å². The zero-order valence-electron chi connectivity index (χ0n) is 16.0. The maximum Gasteiger partial charge on any atom is 0.358 e. The molecule has 4 aliphatic rings. The summed E-state index contributed by atoms with van der Waals surface area (Å²) < 4.78 is 5.32. The average molecular weight is 364 g/mol. The maximum absolute atomic E-state index is 12.6. The highest BCUT2D eigenvalue weighted by atomic mass is 16.5. The van der Waals surface area contributed by atoms with E-state index in [1.165, 1.54) is 38.5 Å². The Morgan fingerprint density at radius 1 is 1.11 bits per heavy atom. The Hall–Kier alpha value is -2.10. The van der Waals surface area contributed by atoms with E-state index >= 15 is 0 Å². The minimum atomic E-state index is -0.296. The van der Waals surface area contributed by atoms with E-state index in [9.17, 15) is 4.79 Å². The van der Waals surface area contributed by atoms with Gasteiger partial charge in [0.1, 0.15) is 5.82 Å². The first kappa shape index (κ1) is 17.0. The number of hydrogen-bond acceptors (Lipinski definition) is 3. The van der Waals surface area contributed by atoms with Crippen LogP contribution in [0, 0.1) is 23.2 Å². The highest BCUT2D eigenvalue weighted by Crippen LogP contribution is 2.61. The van der Waals surface area contributed by atoms with Crippen molar-refractivity contribution in [1.82, 2.24) is 9.97 Å². The van der Waals surface area contributed by atoms with Crippen molar-refractivity contribution in [3.8, 4) is 11.4 Å². The minimum absolute atomic E-state index is 0.296. The van der Waals surface area contributed by atoms with Crippen LogP contribution in [0.5, 0.6) is 0 Å². The Bertz CT molecular complexity index is 804. The van der Waals surface area contributed by atoms with Gasteiger partial charge in [-0.05, 0) is 75.0 Å². The van der Waals surface area contributed by atoms with Gasteiger partial charge in [0.15, 0.2) is 5.69 Å². The molecular formula is C23H28N2O2. The first-order valence-electron chi connectivity index (χ1n) is 10.5. The van der Waals surface area contributed by atoms with Gasteiger partial charge in [0.05, 0.1) is 12.3 Å². The zero-order chi connectivity index (χ0) is 18.4. The van der Waals surface area contributed by atoms with Gasteiger partial charge in [-0.1, -0.05) is 30.3 Å². The Labute approximate surface area is 160 Å². The standard InChI is InChI=1S/C23H28N2O2/c1-2-27-22(26)20-19(24-21(25-20)18-6-4-3-5-7-18)14-23-11-15-8-16(12-23)10-17(9-15)13-23/h3-7,15-17H,2,8-14H2,1H3,(H,24,25). The van der Waals surface area contributed by atoms with E-state index in [0.29, 0.717) is 17.7 Å². The SMILES string of the molecule is CCOC(=O)c1nc(-c2ccccc2)[nH]c1CC12CC3CC(CC(C3)C1)C2. The van der Waals surface area contributed by atoms with Crippen LogP contribution in [0.4, 0.5) is 0 Å². The Balaban J connectivity index is 1.49. The lowest BCUT2D eigenvalue weighted by molar-refractivity contribution is -0.0527. The molecule has 142 valence electrons. The summed E-state index contributed by atoms with van der Waals surface area (Å²) in [5.74, 6) is 3.19. The second-order valence-electron chi connectivity index (χ2n) is 9.09. The van der Waals surface area contributed by atoms with Crippen molar-refractivity contribution in [2.45, 2.75) is 51.9 Å². The number of esters is 1. The predicted octanol–water partition coefficient (Wildman–Crippen LogP) is 5.01. The highest BCUT2D eigenvalue weighted by molar-refractivity contribution is 5.89. The number of nitrogens with one attached hydrogen (secondary N) is 1. The van der Waals surface area contributed by atoms with Crippen molar-refractivity contribution < 1.29 is 9.53 Å². The number of carbonyl (C=O) groups is 1. The molecule has 27 heavy (non-hydrogen) atoms. The van der Waals surface area contributed by atoms with Gasteiger partial charge < -0.3 is 9.72 Å². The van der Waals surface area contributed by atoms with Crippen LogP contribution in [0.2, 0.25) is 0 Å². The third-order valence-electron chi connectivity index (χ3n) is 7.01. The fraction of sp³-hybridized carbons (Fsp3) is 0.565. The van der Waals surface area contributed by atoms with Crippen molar-refractivity contribution >= 4 is 5.97 Å². The monoisotopic (exact) mass is 364 g/mol. The molecule has 0 unspecified atom stereocenters. The number of rotatable bonds is 5. The molecule has 4 heteroatoms. The van der Waals surface area contributed by atoms with Crippen molar-refractivity contribution in [2.24, 2.45) is 23.2 Å². The normalized spacial score (nSPS) is 31.2. The lowest BCUT2D eigenvalue weighted by Gasteiger charge is -2.57. The molecule has 0 radical (unpaired) electrons. The second-order valence-corrected chi connectivity index (χ2v) is 9.09. The molecule has 4 bridgehead atoms. The summed E-state index contributed by atoms with van der Waals surface area (Å²) in [5, 5.41) is 0. The Kier molecular flexibility index (Phi) is 4.10. The van der Waals surface area contributed by atoms with Gasteiger partial charge in [0.25, 0.3) is 0 Å². The van der Waals surface area contributed by atoms with Crippen LogP contribution in [-0.4, -0.2) is 22.5 Å². The summed E-state index contributed by atoms with van der Waals surface area (Å²) in [6.07, 6.45) is 9.19. The summed E-state index contributed by atoms with van der Waals surface area (Å²) in [4.78, 5) is 20.8. The molecule has 0 atom stereocenters. The number of nitrogens with zero attached hydrogens (tertiary/aromatic N) is 1. The quantitative estimate of drug-likeness (QED) is 0.759. The van der Waals surface area contributed by atoms with Crippen LogP contribution < -0.4 is 0 Å². The molecule has 1 aromatic heterocycles. The number of aromatic nitrogens is 2. The van der Waals surface area contributed by atoms with E-state index < -0.39 is 0 Å². The average Bonchev–Trinajstić information content (AvgIpc) is 3.05. The predicted molar refractivity (Wildman–Crippen MR) is 104 cm³/mol. The number of ether oxygens (including phenoxy) is 1. The van der Waals surface area contributed by atoms with Crippen molar-refractivity contribution in [1.29, 1.82) is 0 Å². The molecule has 1 N–H and O–H groups in total. The summed E-state index contributed by atoms with van der Waals surface area (Å²) in [6.45, 7) is 2.23. The van der Waals surface area contributed by atoms with E-state index in [1.54, 1.807) is 0 Å². The molecule has 4 saturated carbocycles. The molecule has 0 spiro atoms. The molecule has 0 saturated heterocycles. The Morgan fingerprint density at radius 3 is 2.33 bits per heavy atom. The van der Waals surface area contributed by atoms with Gasteiger partial charge >= 0.3 is 5.97 Å². The second kappa shape index (κ2) is 6.50. The van der Waals surface area contributed by atoms with Gasteiger partial charge in [-0.25, -0.2) is 9.78 Å². The summed E-state index contributed by atoms with van der Waals surface area (Å²) >= 11 is 0. The summed E-state index contributed by atoms with van der Waals surface area (Å²) in [6, 6.07) is 10.1. The summed E-state index contributed by atoms with van der Waals surface area (Å²) in [7, 11) is 0. The number of H-pyrrole nitrogens is 1. The van der Waals surface area contributed by atoms with Gasteiger partial charge in [-0.15, -0.1) is 0 Å². The van der Waals surface area contributed by atoms with Crippen LogP contribution >= 0.6 is 0 Å². The molecule has 6 rings (SSSR count). The minimum Gasteiger partial charge on any atom is -0.461 e. The first-order chi connectivity index (χ1) is 13.1. The van der Waals surface area contributed by atoms with Crippen LogP contribution in [0.15, 0.2) is 30.3 Å². The van der Waals surface area contributed by atoms with Crippen molar-refractivity contribution in [3.05, 3.63) is 41.7 Å². The van der Waals surface area contributed by atoms with Gasteiger partial charge in [-0.2, -0.15) is 0 Å². The molecular weight excluding hydrogens is 336 g/mol. The van der Waals surface area contributed by atoms with E-state index in [0.717, 1.165) is 41.3 Å². The van der Waals surface area contributed by atoms with Gasteiger partial charge in [0, 0.05) is 5.56 Å². The number of imidazole rings is 1. The molecule has 4 aliphatic carbocycles. The van der Waals surface area contributed by atoms with E-state index in [1.807, 2.05) is 37.3 Å². The van der Waals surface area contributed by atoms with E-state index in [4.69, 9.17) is 4.74 Å². The van der Waals surface area contributed by atoms with Gasteiger partial charge in [-0.3, -0.25) is 0 Å². The molecule has 1 aromatic carbocycles. The first-order valence-corrected chi connectivity index (χ1v) is 10.5. The van der Waals surface area contributed by atoms with Crippen LogP contribution in [0.1, 0.15) is 61.6 Å². The van der Waals surface area contributed by atoms with Crippen molar-refractivity contribution in [3.63, 3.8) is 0 Å². The van der Waals surface area contributed by atoms with Crippen LogP contribution in [-0.2, 0) is 11.2 Å². The zero-order valence-corrected chi connectivity index (χ0v) is 16.0. The molecule has 4 fully saturated rings. The lowest BCUT2D eigenvalue weighted by Crippen LogP contribution is -2.47. The molecule has 0 amide bonds. The van der Waals surface area contributed by atoms with Crippen LogP contribution in [0.3, 0.4) is 0 Å². The Morgan fingerprint density at radius 2 is 1.74 bits per heavy atom. The fourth-order valence-corrected chi connectivity index (χ4v) is 6.52. The smallest absolute Gasteiger partial charge is 0.358 e. The topological polar surface area (TPSA) is 55.0 Å². The molecule has 1 heterocycles.